The average Bonchev–Trinajstić information content (AvgIpc) is 2.17. The molecule has 14 heavy (non-hydrogen) atoms. The van der Waals surface area contributed by atoms with Crippen LogP contribution in [-0.2, 0) is 0 Å². The van der Waals surface area contributed by atoms with Crippen LogP contribution >= 0.6 is 0 Å². The maximum Gasteiger partial charge on any atom is 0.224 e. The van der Waals surface area contributed by atoms with E-state index in [-0.39, 0.29) is 5.56 Å². The highest BCUT2D eigenvalue weighted by Crippen LogP contribution is 2.16. The zero-order valence-corrected chi connectivity index (χ0v) is 7.62. The lowest BCUT2D eigenvalue weighted by molar-refractivity contribution is 0.111. The number of fused-ring (bicyclic) bond motifs is 1. The summed E-state index contributed by atoms with van der Waals surface area (Å²) in [4.78, 5) is 14.2. The van der Waals surface area contributed by atoms with Crippen molar-refractivity contribution in [1.82, 2.24) is 4.98 Å². The Morgan fingerprint density at radius 2 is 2.14 bits per heavy atom. The summed E-state index contributed by atoms with van der Waals surface area (Å²) in [6.07, 6.45) is 0.476. The minimum absolute atomic E-state index is 0.00287. The molecule has 0 N–H and O–H groups in total. The maximum atomic E-state index is 13.1. The minimum atomic E-state index is -0.712. The van der Waals surface area contributed by atoms with Gasteiger partial charge in [0.25, 0.3) is 0 Å². The number of hydrogen-bond acceptors (Lipinski definition) is 2. The summed E-state index contributed by atoms with van der Waals surface area (Å²) in [6, 6.07) is 6.98. The normalized spacial score (nSPS) is 10.4. The van der Waals surface area contributed by atoms with Crippen LogP contribution in [0, 0.1) is 12.9 Å². The highest BCUT2D eigenvalue weighted by atomic mass is 19.1. The van der Waals surface area contributed by atoms with Crippen molar-refractivity contribution in [2.24, 2.45) is 0 Å². The van der Waals surface area contributed by atoms with Gasteiger partial charge >= 0.3 is 0 Å². The summed E-state index contributed by atoms with van der Waals surface area (Å²) in [5.74, 6) is -0.712. The molecule has 1 heterocycles. The molecule has 0 aliphatic carbocycles. The molecule has 0 atom stereocenters. The van der Waals surface area contributed by atoms with Crippen molar-refractivity contribution in [1.29, 1.82) is 0 Å². The van der Waals surface area contributed by atoms with Crippen molar-refractivity contribution < 1.29 is 9.18 Å². The third-order valence-electron chi connectivity index (χ3n) is 2.08. The summed E-state index contributed by atoms with van der Waals surface area (Å²) in [5, 5.41) is 0.786. The van der Waals surface area contributed by atoms with E-state index < -0.39 is 5.95 Å². The first kappa shape index (κ1) is 8.81. The molecule has 2 rings (SSSR count). The number of aldehydes is 1. The number of aromatic nitrogens is 1. The van der Waals surface area contributed by atoms with Gasteiger partial charge in [-0.1, -0.05) is 11.6 Å². The summed E-state index contributed by atoms with van der Waals surface area (Å²) < 4.78 is 13.1. The van der Waals surface area contributed by atoms with E-state index in [1.807, 2.05) is 19.1 Å². The number of pyridine rings is 1. The molecule has 2 aromatic rings. The van der Waals surface area contributed by atoms with E-state index in [0.29, 0.717) is 11.8 Å². The van der Waals surface area contributed by atoms with Gasteiger partial charge in [-0.15, -0.1) is 0 Å². The Balaban J connectivity index is 2.79. The molecule has 0 radical (unpaired) electrons. The van der Waals surface area contributed by atoms with E-state index in [0.717, 1.165) is 10.9 Å². The fourth-order valence-electron chi connectivity index (χ4n) is 1.37. The Morgan fingerprint density at radius 3 is 2.86 bits per heavy atom. The predicted octanol–water partition coefficient (Wildman–Crippen LogP) is 2.49. The molecule has 1 aromatic carbocycles. The molecule has 0 bridgehead atoms. The van der Waals surface area contributed by atoms with E-state index in [1.165, 1.54) is 6.07 Å². The predicted molar refractivity (Wildman–Crippen MR) is 51.8 cm³/mol. The SMILES string of the molecule is Cc1ccc2nc(F)c(C=O)cc2c1. The molecule has 0 saturated carbocycles. The zero-order chi connectivity index (χ0) is 10.1. The standard InChI is InChI=1S/C11H8FNO/c1-7-2-3-10-8(4-7)5-9(6-14)11(12)13-10/h2-6H,1H3. The maximum absolute atomic E-state index is 13.1. The summed E-state index contributed by atoms with van der Waals surface area (Å²) >= 11 is 0. The number of halogens is 1. The number of carbonyl (C=O) groups is 1. The van der Waals surface area contributed by atoms with Crippen LogP contribution in [0.5, 0.6) is 0 Å². The van der Waals surface area contributed by atoms with E-state index in [1.54, 1.807) is 6.07 Å². The van der Waals surface area contributed by atoms with Gasteiger partial charge in [-0.3, -0.25) is 4.79 Å². The number of rotatable bonds is 1. The van der Waals surface area contributed by atoms with Crippen LogP contribution in [0.2, 0.25) is 0 Å². The van der Waals surface area contributed by atoms with E-state index in [2.05, 4.69) is 4.98 Å². The van der Waals surface area contributed by atoms with Crippen molar-refractivity contribution in [2.75, 3.05) is 0 Å². The fraction of sp³-hybridized carbons (Fsp3) is 0.0909. The van der Waals surface area contributed by atoms with Crippen LogP contribution in [0.15, 0.2) is 24.3 Å². The number of benzene rings is 1. The van der Waals surface area contributed by atoms with Crippen LogP contribution in [0.3, 0.4) is 0 Å². The average molecular weight is 189 g/mol. The first-order valence-electron chi connectivity index (χ1n) is 4.23. The van der Waals surface area contributed by atoms with Crippen LogP contribution in [0.25, 0.3) is 10.9 Å². The fourth-order valence-corrected chi connectivity index (χ4v) is 1.37. The van der Waals surface area contributed by atoms with Crippen LogP contribution < -0.4 is 0 Å². The van der Waals surface area contributed by atoms with Crippen molar-refractivity contribution in [3.8, 4) is 0 Å². The second-order valence-electron chi connectivity index (χ2n) is 3.18. The Kier molecular flexibility index (Phi) is 2.00. The lowest BCUT2D eigenvalue weighted by atomic mass is 10.1. The van der Waals surface area contributed by atoms with E-state index >= 15 is 0 Å². The first-order chi connectivity index (χ1) is 6.70. The molecule has 0 amide bonds. The summed E-state index contributed by atoms with van der Waals surface area (Å²) in [5.41, 5.74) is 1.63. The van der Waals surface area contributed by atoms with Crippen molar-refractivity contribution >= 4 is 17.2 Å². The molecule has 0 spiro atoms. The van der Waals surface area contributed by atoms with Crippen molar-refractivity contribution in [3.63, 3.8) is 0 Å². The lowest BCUT2D eigenvalue weighted by Crippen LogP contribution is -1.93. The van der Waals surface area contributed by atoms with Gasteiger partial charge in [0.15, 0.2) is 6.29 Å². The second-order valence-corrected chi connectivity index (χ2v) is 3.18. The van der Waals surface area contributed by atoms with Gasteiger partial charge in [-0.2, -0.15) is 4.39 Å². The molecule has 0 unspecified atom stereocenters. The number of nitrogens with zero attached hydrogens (tertiary/aromatic N) is 1. The number of hydrogen-bond donors (Lipinski definition) is 0. The monoisotopic (exact) mass is 189 g/mol. The van der Waals surface area contributed by atoms with Gasteiger partial charge in [0.05, 0.1) is 11.1 Å². The van der Waals surface area contributed by atoms with E-state index in [9.17, 15) is 9.18 Å². The molecule has 0 aliphatic heterocycles. The van der Waals surface area contributed by atoms with Crippen molar-refractivity contribution in [2.45, 2.75) is 6.92 Å². The van der Waals surface area contributed by atoms with Crippen LogP contribution in [0.4, 0.5) is 4.39 Å². The molecular weight excluding hydrogens is 181 g/mol. The summed E-state index contributed by atoms with van der Waals surface area (Å²) in [6.45, 7) is 1.93. The van der Waals surface area contributed by atoms with Crippen LogP contribution in [-0.4, -0.2) is 11.3 Å². The lowest BCUT2D eigenvalue weighted by Gasteiger charge is -2.00. The molecule has 1 aromatic heterocycles. The van der Waals surface area contributed by atoms with Gasteiger partial charge in [0.2, 0.25) is 5.95 Å². The Labute approximate surface area is 80.4 Å². The Hall–Kier alpha value is -1.77. The minimum Gasteiger partial charge on any atom is -0.298 e. The third kappa shape index (κ3) is 1.37. The molecule has 0 saturated heterocycles. The van der Waals surface area contributed by atoms with Crippen LogP contribution in [0.1, 0.15) is 15.9 Å². The topological polar surface area (TPSA) is 30.0 Å². The van der Waals surface area contributed by atoms with Gasteiger partial charge in [0, 0.05) is 5.39 Å². The first-order valence-corrected chi connectivity index (χ1v) is 4.23. The smallest absolute Gasteiger partial charge is 0.224 e. The summed E-state index contributed by atoms with van der Waals surface area (Å²) in [7, 11) is 0. The third-order valence-corrected chi connectivity index (χ3v) is 2.08. The molecule has 70 valence electrons. The molecule has 0 aliphatic rings. The molecule has 2 nitrogen and oxygen atoms in total. The molecular formula is C11H8FNO. The van der Waals surface area contributed by atoms with Gasteiger partial charge in [-0.25, -0.2) is 4.98 Å². The molecule has 0 fully saturated rings. The number of carbonyl (C=O) groups excluding carboxylic acids is 1. The Morgan fingerprint density at radius 1 is 1.36 bits per heavy atom. The Bertz CT molecular complexity index is 508. The molecule has 3 heteroatoms. The highest BCUT2D eigenvalue weighted by molar-refractivity contribution is 5.86. The quantitative estimate of drug-likeness (QED) is 0.509. The van der Waals surface area contributed by atoms with Gasteiger partial charge < -0.3 is 0 Å². The largest absolute Gasteiger partial charge is 0.298 e. The van der Waals surface area contributed by atoms with Gasteiger partial charge in [-0.05, 0) is 25.1 Å². The second kappa shape index (κ2) is 3.18. The zero-order valence-electron chi connectivity index (χ0n) is 7.62. The van der Waals surface area contributed by atoms with Gasteiger partial charge in [0.1, 0.15) is 0 Å². The van der Waals surface area contributed by atoms with Crippen molar-refractivity contribution in [3.05, 3.63) is 41.3 Å². The highest BCUT2D eigenvalue weighted by Gasteiger charge is 2.04. The number of aryl methyl sites for hydroxylation is 1. The van der Waals surface area contributed by atoms with E-state index in [4.69, 9.17) is 0 Å².